The molecule has 2 nitrogen and oxygen atoms in total. The molecular weight excluding hydrogens is 316 g/mol. The van der Waals surface area contributed by atoms with Crippen LogP contribution in [0.15, 0.2) is 20.9 Å². The van der Waals surface area contributed by atoms with Gasteiger partial charge in [0.05, 0.1) is 6.54 Å². The molecule has 5 heteroatoms. The van der Waals surface area contributed by atoms with E-state index >= 15 is 0 Å². The van der Waals surface area contributed by atoms with Crippen molar-refractivity contribution in [2.24, 2.45) is 4.99 Å². The summed E-state index contributed by atoms with van der Waals surface area (Å²) in [6.45, 7) is 5.27. The summed E-state index contributed by atoms with van der Waals surface area (Å²) >= 11 is 7.15. The van der Waals surface area contributed by atoms with Gasteiger partial charge in [0.15, 0.2) is 5.17 Å². The number of rotatable bonds is 4. The minimum atomic E-state index is 0.274. The Labute approximate surface area is 119 Å². The summed E-state index contributed by atoms with van der Waals surface area (Å²) in [5, 5.41) is 6.79. The number of thiophene rings is 1. The van der Waals surface area contributed by atoms with Crippen molar-refractivity contribution in [1.29, 1.82) is 0 Å². The summed E-state index contributed by atoms with van der Waals surface area (Å²) in [6, 6.07) is 2.08. The molecule has 1 saturated heterocycles. The monoisotopic (exact) mass is 332 g/mol. The Hall–Kier alpha value is -0.0000000000000000555. The van der Waals surface area contributed by atoms with Crippen LogP contribution in [0.4, 0.5) is 0 Å². The molecule has 94 valence electrons. The molecule has 0 bridgehead atoms. The lowest BCUT2D eigenvalue weighted by atomic mass is 9.96. The van der Waals surface area contributed by atoms with Crippen LogP contribution in [0.3, 0.4) is 0 Å². The maximum Gasteiger partial charge on any atom is 0.157 e. The quantitative estimate of drug-likeness (QED) is 0.890. The highest BCUT2D eigenvalue weighted by Gasteiger charge is 2.33. The molecule has 0 aromatic carbocycles. The first-order chi connectivity index (χ1) is 8.19. The smallest absolute Gasteiger partial charge is 0.157 e. The first kappa shape index (κ1) is 13.4. The molecule has 1 aromatic rings. The average molecular weight is 333 g/mol. The van der Waals surface area contributed by atoms with Crippen LogP contribution in [0.2, 0.25) is 0 Å². The summed E-state index contributed by atoms with van der Waals surface area (Å²) in [4.78, 5) is 5.96. The largest absolute Gasteiger partial charge is 0.359 e. The third-order valence-electron chi connectivity index (χ3n) is 3.27. The van der Waals surface area contributed by atoms with E-state index in [1.54, 1.807) is 11.3 Å². The number of hydrogen-bond donors (Lipinski definition) is 1. The maximum absolute atomic E-state index is 4.67. The first-order valence-electron chi connectivity index (χ1n) is 5.86. The van der Waals surface area contributed by atoms with Gasteiger partial charge in [-0.15, -0.1) is 11.3 Å². The van der Waals surface area contributed by atoms with Gasteiger partial charge in [-0.25, -0.2) is 0 Å². The fourth-order valence-electron chi connectivity index (χ4n) is 1.80. The zero-order valence-electron chi connectivity index (χ0n) is 10.1. The predicted molar refractivity (Wildman–Crippen MR) is 82.1 cm³/mol. The SMILES string of the molecule is CCC1(CC)CSC(=NCc2sccc2Br)N1. The van der Waals surface area contributed by atoms with Gasteiger partial charge in [-0.05, 0) is 40.2 Å². The Morgan fingerprint density at radius 3 is 2.76 bits per heavy atom. The molecule has 17 heavy (non-hydrogen) atoms. The van der Waals surface area contributed by atoms with E-state index in [4.69, 9.17) is 0 Å². The molecule has 1 fully saturated rings. The van der Waals surface area contributed by atoms with E-state index in [-0.39, 0.29) is 5.54 Å². The number of hydrogen-bond acceptors (Lipinski definition) is 3. The highest BCUT2D eigenvalue weighted by atomic mass is 79.9. The van der Waals surface area contributed by atoms with Gasteiger partial charge in [-0.2, -0.15) is 0 Å². The number of thioether (sulfide) groups is 1. The lowest BCUT2D eigenvalue weighted by molar-refractivity contribution is 0.407. The van der Waals surface area contributed by atoms with Gasteiger partial charge in [0.2, 0.25) is 0 Å². The molecule has 2 heterocycles. The van der Waals surface area contributed by atoms with Gasteiger partial charge >= 0.3 is 0 Å². The summed E-state index contributed by atoms with van der Waals surface area (Å²) in [5.74, 6) is 1.14. The van der Waals surface area contributed by atoms with Crippen LogP contribution in [0.25, 0.3) is 0 Å². The van der Waals surface area contributed by atoms with E-state index in [1.165, 1.54) is 9.35 Å². The molecule has 0 radical (unpaired) electrons. The highest BCUT2D eigenvalue weighted by Crippen LogP contribution is 2.30. The van der Waals surface area contributed by atoms with Crippen molar-refractivity contribution in [3.05, 3.63) is 20.8 Å². The molecule has 0 spiro atoms. The fraction of sp³-hybridized carbons (Fsp3) is 0.583. The molecule has 0 aliphatic carbocycles. The summed E-state index contributed by atoms with van der Waals surface area (Å²) in [7, 11) is 0. The Bertz CT molecular complexity index is 410. The number of aliphatic imine (C=N–C) groups is 1. The van der Waals surface area contributed by atoms with Gasteiger partial charge in [-0.1, -0.05) is 25.6 Å². The summed E-state index contributed by atoms with van der Waals surface area (Å²) in [5.41, 5.74) is 0.274. The van der Waals surface area contributed by atoms with Gasteiger partial charge in [0.1, 0.15) is 0 Å². The summed E-state index contributed by atoms with van der Waals surface area (Å²) < 4.78 is 1.17. The van der Waals surface area contributed by atoms with Crippen molar-refractivity contribution < 1.29 is 0 Å². The molecule has 1 aliphatic heterocycles. The van der Waals surface area contributed by atoms with Crippen LogP contribution >= 0.6 is 39.0 Å². The van der Waals surface area contributed by atoms with E-state index in [9.17, 15) is 0 Å². The van der Waals surface area contributed by atoms with Crippen molar-refractivity contribution >= 4 is 44.2 Å². The lowest BCUT2D eigenvalue weighted by Crippen LogP contribution is -2.42. The Balaban J connectivity index is 1.99. The second-order valence-corrected chi connectivity index (χ2v) is 7.03. The molecule has 2 rings (SSSR count). The number of nitrogens with zero attached hydrogens (tertiary/aromatic N) is 1. The second kappa shape index (κ2) is 5.76. The molecule has 0 amide bonds. The van der Waals surface area contributed by atoms with Crippen LogP contribution < -0.4 is 5.32 Å². The Morgan fingerprint density at radius 2 is 2.24 bits per heavy atom. The maximum atomic E-state index is 4.67. The van der Waals surface area contributed by atoms with Crippen LogP contribution in [0.1, 0.15) is 31.6 Å². The van der Waals surface area contributed by atoms with Crippen LogP contribution in [0, 0.1) is 0 Å². The molecule has 1 N–H and O–H groups in total. The Morgan fingerprint density at radius 1 is 1.47 bits per heavy atom. The van der Waals surface area contributed by atoms with E-state index in [1.807, 2.05) is 11.8 Å². The van der Waals surface area contributed by atoms with Crippen molar-refractivity contribution in [2.45, 2.75) is 38.8 Å². The topological polar surface area (TPSA) is 24.4 Å². The molecular formula is C12H17BrN2S2. The lowest BCUT2D eigenvalue weighted by Gasteiger charge is -2.25. The molecule has 0 atom stereocenters. The molecule has 1 aromatic heterocycles. The van der Waals surface area contributed by atoms with Crippen molar-refractivity contribution in [1.82, 2.24) is 5.32 Å². The minimum absolute atomic E-state index is 0.274. The highest BCUT2D eigenvalue weighted by molar-refractivity contribution is 9.10. The zero-order valence-corrected chi connectivity index (χ0v) is 13.3. The van der Waals surface area contributed by atoms with Gasteiger partial charge < -0.3 is 5.32 Å². The van der Waals surface area contributed by atoms with E-state index in [0.29, 0.717) is 0 Å². The minimum Gasteiger partial charge on any atom is -0.359 e. The van der Waals surface area contributed by atoms with Crippen molar-refractivity contribution in [3.8, 4) is 0 Å². The normalized spacial score (nSPS) is 20.8. The first-order valence-corrected chi connectivity index (χ1v) is 8.52. The standard InChI is InChI=1S/C12H17BrN2S2/c1-3-12(4-2)8-17-11(15-12)14-7-10-9(13)5-6-16-10/h5-6H,3-4,7-8H2,1-2H3,(H,14,15). The Kier molecular flexibility index (Phi) is 4.55. The van der Waals surface area contributed by atoms with E-state index < -0.39 is 0 Å². The third kappa shape index (κ3) is 3.06. The number of halogens is 1. The van der Waals surface area contributed by atoms with Crippen LogP contribution in [-0.2, 0) is 6.54 Å². The van der Waals surface area contributed by atoms with Gasteiger partial charge in [0.25, 0.3) is 0 Å². The summed E-state index contributed by atoms with van der Waals surface area (Å²) in [6.07, 6.45) is 2.33. The van der Waals surface area contributed by atoms with Gasteiger partial charge in [-0.3, -0.25) is 4.99 Å². The third-order valence-corrected chi connectivity index (χ3v) is 6.38. The van der Waals surface area contributed by atoms with E-state index in [0.717, 1.165) is 30.3 Å². The van der Waals surface area contributed by atoms with Crippen molar-refractivity contribution in [2.75, 3.05) is 5.75 Å². The molecule has 1 aliphatic rings. The number of amidine groups is 1. The molecule has 0 unspecified atom stereocenters. The zero-order chi connectivity index (χ0) is 12.3. The fourth-order valence-corrected chi connectivity index (χ4v) is 4.54. The van der Waals surface area contributed by atoms with Crippen LogP contribution in [0.5, 0.6) is 0 Å². The average Bonchev–Trinajstić information content (AvgIpc) is 2.94. The molecule has 0 saturated carbocycles. The van der Waals surface area contributed by atoms with Crippen molar-refractivity contribution in [3.63, 3.8) is 0 Å². The second-order valence-electron chi connectivity index (χ2n) is 4.21. The van der Waals surface area contributed by atoms with Gasteiger partial charge in [0, 0.05) is 20.6 Å². The predicted octanol–water partition coefficient (Wildman–Crippen LogP) is 4.26. The van der Waals surface area contributed by atoms with Crippen LogP contribution in [-0.4, -0.2) is 16.5 Å². The number of nitrogens with one attached hydrogen (secondary N) is 1. The van der Waals surface area contributed by atoms with E-state index in [2.05, 4.69) is 51.5 Å².